The van der Waals surface area contributed by atoms with Crippen LogP contribution in [-0.2, 0) is 0 Å². The third kappa shape index (κ3) is 6.49. The van der Waals surface area contributed by atoms with E-state index in [1.807, 2.05) is 0 Å². The highest BCUT2D eigenvalue weighted by Crippen LogP contribution is 2.05. The van der Waals surface area contributed by atoms with Crippen LogP contribution in [0.5, 0.6) is 0 Å². The molecular formula is C14H32N2. The SMILES string of the molecule is CC(C)C(C)NCCCN(C(C)C)C(C)C. The van der Waals surface area contributed by atoms with Crippen molar-refractivity contribution in [3.8, 4) is 0 Å². The molecule has 98 valence electrons. The first kappa shape index (κ1) is 15.9. The molecule has 0 spiro atoms. The first-order valence-corrected chi connectivity index (χ1v) is 6.85. The zero-order valence-corrected chi connectivity index (χ0v) is 12.4. The Bertz CT molecular complexity index is 156. The summed E-state index contributed by atoms with van der Waals surface area (Å²) in [4.78, 5) is 2.56. The average Bonchev–Trinajstić information content (AvgIpc) is 2.15. The third-order valence-electron chi connectivity index (χ3n) is 3.39. The van der Waals surface area contributed by atoms with E-state index >= 15 is 0 Å². The minimum absolute atomic E-state index is 0.631. The van der Waals surface area contributed by atoms with Crippen LogP contribution in [0.25, 0.3) is 0 Å². The molecule has 0 radical (unpaired) electrons. The molecular weight excluding hydrogens is 196 g/mol. The summed E-state index contributed by atoms with van der Waals surface area (Å²) in [6.45, 7) is 18.3. The number of hydrogen-bond acceptors (Lipinski definition) is 2. The molecule has 0 rings (SSSR count). The van der Waals surface area contributed by atoms with Gasteiger partial charge in [-0.2, -0.15) is 0 Å². The van der Waals surface area contributed by atoms with Gasteiger partial charge >= 0.3 is 0 Å². The highest BCUT2D eigenvalue weighted by Gasteiger charge is 2.12. The monoisotopic (exact) mass is 228 g/mol. The zero-order valence-electron chi connectivity index (χ0n) is 12.4. The van der Waals surface area contributed by atoms with Crippen molar-refractivity contribution >= 4 is 0 Å². The van der Waals surface area contributed by atoms with Gasteiger partial charge in [0.05, 0.1) is 0 Å². The number of nitrogens with one attached hydrogen (secondary N) is 1. The molecule has 1 unspecified atom stereocenters. The Morgan fingerprint density at radius 3 is 1.75 bits per heavy atom. The molecule has 2 heteroatoms. The topological polar surface area (TPSA) is 15.3 Å². The molecule has 0 aromatic rings. The lowest BCUT2D eigenvalue weighted by Gasteiger charge is -2.30. The largest absolute Gasteiger partial charge is 0.314 e. The van der Waals surface area contributed by atoms with E-state index in [2.05, 4.69) is 58.7 Å². The molecule has 0 aromatic carbocycles. The van der Waals surface area contributed by atoms with Gasteiger partial charge in [0.2, 0.25) is 0 Å². The van der Waals surface area contributed by atoms with Crippen molar-refractivity contribution in [2.24, 2.45) is 5.92 Å². The van der Waals surface area contributed by atoms with Gasteiger partial charge < -0.3 is 5.32 Å². The molecule has 0 aliphatic carbocycles. The van der Waals surface area contributed by atoms with Crippen LogP contribution in [0.4, 0.5) is 0 Å². The standard InChI is InChI=1S/C14H32N2/c1-11(2)14(7)15-9-8-10-16(12(3)4)13(5)6/h11-15H,8-10H2,1-7H3. The normalized spacial score (nSPS) is 14.4. The average molecular weight is 228 g/mol. The summed E-state index contributed by atoms with van der Waals surface area (Å²) < 4.78 is 0. The van der Waals surface area contributed by atoms with Gasteiger partial charge in [-0.25, -0.2) is 0 Å². The second-order valence-corrected chi connectivity index (χ2v) is 5.77. The van der Waals surface area contributed by atoms with Crippen LogP contribution in [0.2, 0.25) is 0 Å². The lowest BCUT2D eigenvalue weighted by molar-refractivity contribution is 0.171. The van der Waals surface area contributed by atoms with E-state index < -0.39 is 0 Å². The van der Waals surface area contributed by atoms with Crippen molar-refractivity contribution in [2.45, 2.75) is 73.0 Å². The predicted molar refractivity (Wildman–Crippen MR) is 73.9 cm³/mol. The van der Waals surface area contributed by atoms with Gasteiger partial charge in [0, 0.05) is 18.1 Å². The first-order chi connectivity index (χ1) is 7.36. The lowest BCUT2D eigenvalue weighted by Crippen LogP contribution is -2.39. The molecule has 0 fully saturated rings. The molecule has 16 heavy (non-hydrogen) atoms. The summed E-state index contributed by atoms with van der Waals surface area (Å²) in [6, 6.07) is 1.94. The second-order valence-electron chi connectivity index (χ2n) is 5.77. The summed E-state index contributed by atoms with van der Waals surface area (Å²) in [5, 5.41) is 3.59. The molecule has 2 nitrogen and oxygen atoms in total. The van der Waals surface area contributed by atoms with E-state index in [0.29, 0.717) is 18.1 Å². The van der Waals surface area contributed by atoms with Gasteiger partial charge in [0.15, 0.2) is 0 Å². The van der Waals surface area contributed by atoms with Crippen molar-refractivity contribution in [2.75, 3.05) is 13.1 Å². The molecule has 0 saturated heterocycles. The van der Waals surface area contributed by atoms with Gasteiger partial charge in [-0.1, -0.05) is 13.8 Å². The maximum atomic E-state index is 3.59. The van der Waals surface area contributed by atoms with E-state index in [1.54, 1.807) is 0 Å². The van der Waals surface area contributed by atoms with E-state index in [1.165, 1.54) is 13.0 Å². The Hall–Kier alpha value is -0.0800. The summed E-state index contributed by atoms with van der Waals surface area (Å²) in [7, 11) is 0. The van der Waals surface area contributed by atoms with Gasteiger partial charge in [-0.3, -0.25) is 4.90 Å². The molecule has 1 atom stereocenters. The summed E-state index contributed by atoms with van der Waals surface area (Å²) >= 11 is 0. The van der Waals surface area contributed by atoms with Crippen molar-refractivity contribution in [1.29, 1.82) is 0 Å². The molecule has 0 bridgehead atoms. The fraction of sp³-hybridized carbons (Fsp3) is 1.00. The van der Waals surface area contributed by atoms with Crippen LogP contribution in [0.15, 0.2) is 0 Å². The highest BCUT2D eigenvalue weighted by atomic mass is 15.2. The predicted octanol–water partition coefficient (Wildman–Crippen LogP) is 3.13. The zero-order chi connectivity index (χ0) is 12.7. The van der Waals surface area contributed by atoms with E-state index in [-0.39, 0.29) is 0 Å². The molecule has 0 aliphatic rings. The smallest absolute Gasteiger partial charge is 0.00617 e. The maximum Gasteiger partial charge on any atom is 0.00617 e. The second kappa shape index (κ2) is 8.08. The molecule has 1 N–H and O–H groups in total. The fourth-order valence-corrected chi connectivity index (χ4v) is 1.94. The third-order valence-corrected chi connectivity index (χ3v) is 3.39. The summed E-state index contributed by atoms with van der Waals surface area (Å²) in [5.74, 6) is 0.728. The van der Waals surface area contributed by atoms with Gasteiger partial charge in [-0.05, 0) is 60.0 Å². The van der Waals surface area contributed by atoms with Crippen LogP contribution in [-0.4, -0.2) is 36.1 Å². The van der Waals surface area contributed by atoms with Gasteiger partial charge in [-0.15, -0.1) is 0 Å². The van der Waals surface area contributed by atoms with E-state index in [9.17, 15) is 0 Å². The summed E-state index contributed by atoms with van der Waals surface area (Å²) in [6.07, 6.45) is 1.24. The molecule has 0 saturated carbocycles. The van der Waals surface area contributed by atoms with Crippen molar-refractivity contribution in [3.63, 3.8) is 0 Å². The maximum absolute atomic E-state index is 3.59. The quantitative estimate of drug-likeness (QED) is 0.642. The number of nitrogens with zero attached hydrogens (tertiary/aromatic N) is 1. The van der Waals surface area contributed by atoms with Crippen molar-refractivity contribution in [1.82, 2.24) is 10.2 Å². The Morgan fingerprint density at radius 2 is 1.38 bits per heavy atom. The van der Waals surface area contributed by atoms with Gasteiger partial charge in [0.1, 0.15) is 0 Å². The number of hydrogen-bond donors (Lipinski definition) is 1. The van der Waals surface area contributed by atoms with Gasteiger partial charge in [0.25, 0.3) is 0 Å². The summed E-state index contributed by atoms with van der Waals surface area (Å²) in [5.41, 5.74) is 0. The molecule has 0 aromatic heterocycles. The van der Waals surface area contributed by atoms with Crippen molar-refractivity contribution < 1.29 is 0 Å². The Kier molecular flexibility index (Phi) is 8.04. The minimum Gasteiger partial charge on any atom is -0.314 e. The molecule has 0 aliphatic heterocycles. The highest BCUT2D eigenvalue weighted by molar-refractivity contribution is 4.69. The Labute approximate surface area is 103 Å². The minimum atomic E-state index is 0.631. The first-order valence-electron chi connectivity index (χ1n) is 6.85. The van der Waals surface area contributed by atoms with Crippen LogP contribution < -0.4 is 5.32 Å². The number of rotatable bonds is 8. The van der Waals surface area contributed by atoms with Crippen LogP contribution in [0.1, 0.15) is 54.9 Å². The lowest BCUT2D eigenvalue weighted by atomic mass is 10.1. The van der Waals surface area contributed by atoms with Crippen LogP contribution in [0.3, 0.4) is 0 Å². The van der Waals surface area contributed by atoms with E-state index in [0.717, 1.165) is 12.5 Å². The Morgan fingerprint density at radius 1 is 0.875 bits per heavy atom. The molecule has 0 heterocycles. The van der Waals surface area contributed by atoms with E-state index in [4.69, 9.17) is 0 Å². The molecule has 0 amide bonds. The Balaban J connectivity index is 3.71. The van der Waals surface area contributed by atoms with Crippen molar-refractivity contribution in [3.05, 3.63) is 0 Å². The van der Waals surface area contributed by atoms with Crippen LogP contribution in [0, 0.1) is 5.92 Å². The fourth-order valence-electron chi connectivity index (χ4n) is 1.94. The van der Waals surface area contributed by atoms with Crippen LogP contribution >= 0.6 is 0 Å².